The summed E-state index contributed by atoms with van der Waals surface area (Å²) < 4.78 is 87.7. The fraction of sp³-hybridized carbons (Fsp3) is 0.0744. The summed E-state index contributed by atoms with van der Waals surface area (Å²) in [5.74, 6) is 1.35. The maximum atomic E-state index is 10.1. The van der Waals surface area contributed by atoms with Crippen molar-refractivity contribution in [3.8, 4) is 95.1 Å². The normalized spacial score (nSPS) is 14.6. The van der Waals surface area contributed by atoms with Crippen molar-refractivity contribution in [3.05, 3.63) is 446 Å². The van der Waals surface area contributed by atoms with Gasteiger partial charge in [0.25, 0.3) is 13.4 Å². The third kappa shape index (κ3) is 10.7. The summed E-state index contributed by atoms with van der Waals surface area (Å²) in [5, 5.41) is 2.00. The lowest BCUT2D eigenvalue weighted by Crippen LogP contribution is -2.64. The van der Waals surface area contributed by atoms with Gasteiger partial charge in [0.1, 0.15) is 11.5 Å². The van der Waals surface area contributed by atoms with Crippen LogP contribution < -0.4 is 52.2 Å². The topological polar surface area (TPSA) is 23.9 Å². The molecule has 5 heterocycles. The van der Waals surface area contributed by atoms with Crippen molar-refractivity contribution in [1.82, 2.24) is 4.57 Å². The SMILES string of the molecule is [2H]c1c([2H])c([2H])c2c(c1[2H])c1c([2H])c([2H])c([2H])c([2H])c1n2-c1cc2c3c(c1)N(c1c(-c4ccccc4)cc(C(C)(C)C)cc1-c1ccccc1)c1cc4c(cc1B3c1ccccc1N2c1ccccc1)B1c2ccccc2N(c2c(-c3ccccc3)cc(C(C)(C)C)cc2-c2ccccc2)c2c1c(cc1cc(-c3cccc5c3C3(c6ccccc6-c6ccccc63)c3ccccc3-5)ccc21)O4. The third-order valence-corrected chi connectivity index (χ3v) is 28.1. The molecule has 2 aliphatic carbocycles. The van der Waals surface area contributed by atoms with Gasteiger partial charge in [-0.25, -0.2) is 0 Å². The predicted octanol–water partition coefficient (Wildman–Crippen LogP) is 27.7. The molecule has 0 saturated heterocycles. The van der Waals surface area contributed by atoms with Crippen LogP contribution in [0.2, 0.25) is 0 Å². The smallest absolute Gasteiger partial charge is 0.256 e. The van der Waals surface area contributed by atoms with Crippen LogP contribution in [-0.4, -0.2) is 18.0 Å². The fourth-order valence-corrected chi connectivity index (χ4v) is 22.6. The van der Waals surface area contributed by atoms with Crippen LogP contribution in [0.3, 0.4) is 0 Å². The van der Waals surface area contributed by atoms with Gasteiger partial charge in [0.05, 0.1) is 50.2 Å². The van der Waals surface area contributed by atoms with Crippen LogP contribution >= 0.6 is 0 Å². The van der Waals surface area contributed by atoms with Crippen molar-refractivity contribution in [2.24, 2.45) is 0 Å². The summed E-state index contributed by atoms with van der Waals surface area (Å²) in [6, 6.07) is 130. The molecule has 0 fully saturated rings. The van der Waals surface area contributed by atoms with E-state index in [4.69, 9.17) is 4.74 Å². The number of ether oxygens (including phenoxy) is 1. The number of fused-ring (bicyclic) bond motifs is 23. The summed E-state index contributed by atoms with van der Waals surface area (Å²) in [5.41, 5.74) is 35.7. The second-order valence-corrected chi connectivity index (χ2v) is 37.0. The molecular weight excluding hydrogens is 1550 g/mol. The van der Waals surface area contributed by atoms with E-state index >= 15 is 0 Å². The Hall–Kier alpha value is -15.4. The molecule has 1 spiro atoms. The van der Waals surface area contributed by atoms with Crippen molar-refractivity contribution in [2.45, 2.75) is 57.8 Å². The number of benzene rings is 19. The molecule has 0 radical (unpaired) electrons. The van der Waals surface area contributed by atoms with Crippen LogP contribution in [0.4, 0.5) is 51.2 Å². The molecule has 0 bridgehead atoms. The molecule has 0 saturated carbocycles. The van der Waals surface area contributed by atoms with Crippen LogP contribution in [0.5, 0.6) is 11.5 Å². The number of hydrogen-bond donors (Lipinski definition) is 0. The first-order chi connectivity index (χ1) is 66.1. The lowest BCUT2D eigenvalue weighted by Gasteiger charge is -2.46. The number of aromatic nitrogens is 1. The Morgan fingerprint density at radius 2 is 0.711 bits per heavy atom. The van der Waals surface area contributed by atoms with Crippen molar-refractivity contribution in [3.63, 3.8) is 0 Å². The first-order valence-corrected chi connectivity index (χ1v) is 44.4. The average molecular weight is 1640 g/mol. The van der Waals surface area contributed by atoms with Crippen LogP contribution in [0, 0.1) is 0 Å². The molecule has 602 valence electrons. The Bertz CT molecular complexity index is 8350. The van der Waals surface area contributed by atoms with Gasteiger partial charge >= 0.3 is 0 Å². The molecule has 0 unspecified atom stereocenters. The zero-order valence-corrected chi connectivity index (χ0v) is 71.5. The van der Waals surface area contributed by atoms with Gasteiger partial charge in [0, 0.05) is 78.6 Å². The van der Waals surface area contributed by atoms with Crippen molar-refractivity contribution in [1.29, 1.82) is 0 Å². The number of nitrogens with zero attached hydrogens (tertiary/aromatic N) is 4. The quantitative estimate of drug-likeness (QED) is 0.134. The Labute approximate surface area is 758 Å². The predicted molar refractivity (Wildman–Crippen MR) is 539 cm³/mol. The lowest BCUT2D eigenvalue weighted by molar-refractivity contribution is 0.488. The molecule has 26 rings (SSSR count). The number of hydrogen-bond acceptors (Lipinski definition) is 4. The zero-order valence-electron chi connectivity index (χ0n) is 79.5. The summed E-state index contributed by atoms with van der Waals surface area (Å²) in [6.07, 6.45) is 0. The Morgan fingerprint density at radius 3 is 1.23 bits per heavy atom. The molecule has 7 heteroatoms. The van der Waals surface area contributed by atoms with E-state index in [2.05, 4.69) is 402 Å². The summed E-state index contributed by atoms with van der Waals surface area (Å²) >= 11 is 0. The second-order valence-electron chi connectivity index (χ2n) is 37.0. The summed E-state index contributed by atoms with van der Waals surface area (Å²) in [7, 11) is 0. The number of rotatable bonds is 9. The van der Waals surface area contributed by atoms with Crippen LogP contribution in [0.15, 0.2) is 412 Å². The molecule has 5 nitrogen and oxygen atoms in total. The molecule has 0 atom stereocenters. The van der Waals surface area contributed by atoms with Crippen molar-refractivity contribution < 1.29 is 15.7 Å². The highest BCUT2D eigenvalue weighted by molar-refractivity contribution is 7.02. The van der Waals surface area contributed by atoms with Crippen LogP contribution in [0.1, 0.15) is 85.9 Å². The van der Waals surface area contributed by atoms with E-state index < -0.39 is 67.2 Å². The molecule has 128 heavy (non-hydrogen) atoms. The van der Waals surface area contributed by atoms with Gasteiger partial charge in [0.15, 0.2) is 0 Å². The molecule has 1 aromatic heterocycles. The van der Waals surface area contributed by atoms with E-state index in [-0.39, 0.29) is 32.6 Å². The minimum atomic E-state index is -0.650. The van der Waals surface area contributed by atoms with Gasteiger partial charge in [-0.2, -0.15) is 0 Å². The third-order valence-electron chi connectivity index (χ3n) is 28.1. The minimum absolute atomic E-state index is 0.0138. The van der Waals surface area contributed by atoms with Gasteiger partial charge in [-0.05, 0) is 223 Å². The number of para-hydroxylation sites is 5. The van der Waals surface area contributed by atoms with Gasteiger partial charge in [-0.15, -0.1) is 0 Å². The molecule has 6 aliphatic rings. The van der Waals surface area contributed by atoms with Gasteiger partial charge in [-0.3, -0.25) is 0 Å². The summed E-state index contributed by atoms with van der Waals surface area (Å²) in [6.45, 7) is 12.7. The first kappa shape index (κ1) is 66.1. The Morgan fingerprint density at radius 1 is 0.281 bits per heavy atom. The Kier molecular flexibility index (Phi) is 14.4. The highest BCUT2D eigenvalue weighted by atomic mass is 16.5. The van der Waals surface area contributed by atoms with E-state index in [1.807, 2.05) is 18.2 Å². The standard InChI is InChI=1S/C121H86B2N4O/c1-119(2,3)81-67-93(75-37-12-7-13-38-75)116(94(68-81)76-39-14-8-15-40-76)126-108-74-111-103(73-102(108)122-100-57-30-34-61-106(100)124(83-45-20-11-21-46-83)109-71-84(72-110(126)114(109)122)125-104-59-32-25-50-90(104)91-51-26-33-60-105(91)125)123-101-58-31-35-62-107(101)127(117-95(77-41-16-9-17-42-77)69-82(120(4,5)6)70-96(117)78-43-18-10-19-44-78)118-86-64-63-79(65-80(86)66-112(128-111)115(118)123)85-52-36-53-92-89-49-24-29-56-99(89)121(113(85)92)97-54-27-22-47-87(97)88-48-23-28-55-98(88)121/h7-74H,1-6H3/i25D,26D,32D,33D,50D,51D,59D,60D. The van der Waals surface area contributed by atoms with E-state index in [9.17, 15) is 11.0 Å². The van der Waals surface area contributed by atoms with Gasteiger partial charge < -0.3 is 24.0 Å². The van der Waals surface area contributed by atoms with Crippen LogP contribution in [-0.2, 0) is 16.2 Å². The molecule has 0 amide bonds. The first-order valence-electron chi connectivity index (χ1n) is 48.4. The van der Waals surface area contributed by atoms with Crippen molar-refractivity contribution in [2.75, 3.05) is 14.7 Å². The minimum Gasteiger partial charge on any atom is -0.458 e. The highest BCUT2D eigenvalue weighted by Gasteiger charge is 2.54. The lowest BCUT2D eigenvalue weighted by atomic mass is 9.30. The largest absolute Gasteiger partial charge is 0.458 e. The average Bonchev–Trinajstić information content (AvgIpc) is 1.42. The fourth-order valence-electron chi connectivity index (χ4n) is 22.6. The second kappa shape index (κ2) is 27.8. The maximum Gasteiger partial charge on any atom is 0.256 e. The zero-order chi connectivity index (χ0) is 92.1. The molecule has 20 aromatic rings. The van der Waals surface area contributed by atoms with Gasteiger partial charge in [-0.1, -0.05) is 363 Å². The van der Waals surface area contributed by atoms with Crippen LogP contribution in [0.25, 0.3) is 116 Å². The van der Waals surface area contributed by atoms with E-state index in [0.29, 0.717) is 22.9 Å². The molecular formula is C121H86B2N4O. The molecule has 0 N–H and O–H groups in total. The van der Waals surface area contributed by atoms with E-state index in [0.717, 1.165) is 150 Å². The van der Waals surface area contributed by atoms with E-state index in [1.165, 1.54) is 50.1 Å². The van der Waals surface area contributed by atoms with E-state index in [1.54, 1.807) is 4.57 Å². The maximum absolute atomic E-state index is 10.1. The monoisotopic (exact) mass is 1640 g/mol. The molecule has 4 aliphatic heterocycles. The van der Waals surface area contributed by atoms with Crippen molar-refractivity contribution >= 4 is 130 Å². The summed E-state index contributed by atoms with van der Waals surface area (Å²) in [4.78, 5) is 7.35. The highest BCUT2D eigenvalue weighted by Crippen LogP contribution is 2.66. The number of anilines is 9. The van der Waals surface area contributed by atoms with Gasteiger partial charge in [0.2, 0.25) is 0 Å². The Balaban J connectivity index is 0.807. The molecule has 19 aromatic carbocycles.